The molecule has 2 rings (SSSR count). The highest BCUT2D eigenvalue weighted by Crippen LogP contribution is 2.41. The van der Waals surface area contributed by atoms with Crippen molar-refractivity contribution in [3.8, 4) is 5.75 Å². The molecule has 0 saturated carbocycles. The number of alkyl halides is 6. The topological polar surface area (TPSA) is 52.3 Å². The molecule has 32 heavy (non-hydrogen) atoms. The average molecular weight is 482 g/mol. The van der Waals surface area contributed by atoms with E-state index >= 15 is 0 Å². The Bertz CT molecular complexity index is 876. The van der Waals surface area contributed by atoms with E-state index in [0.29, 0.717) is 19.3 Å². The van der Waals surface area contributed by atoms with Gasteiger partial charge in [-0.25, -0.2) is 0 Å². The summed E-state index contributed by atoms with van der Waals surface area (Å²) < 4.78 is 83.3. The number of hydrogen-bond acceptors (Lipinski definition) is 4. The largest absolute Gasteiger partial charge is 0.494 e. The van der Waals surface area contributed by atoms with Crippen LogP contribution in [-0.2, 0) is 12.0 Å². The number of halogens is 6. The first kappa shape index (κ1) is 26.2. The second-order valence-electron chi connectivity index (χ2n) is 7.49. The van der Waals surface area contributed by atoms with Crippen LogP contribution in [0.15, 0.2) is 36.4 Å². The molecule has 0 aliphatic carbocycles. The first-order valence-electron chi connectivity index (χ1n) is 10.1. The minimum Gasteiger partial charge on any atom is -0.494 e. The first-order chi connectivity index (χ1) is 14.9. The molecule has 2 N–H and O–H groups in total. The van der Waals surface area contributed by atoms with Gasteiger partial charge in [-0.15, -0.1) is 11.3 Å². The van der Waals surface area contributed by atoms with Crippen LogP contribution in [0.5, 0.6) is 5.75 Å². The van der Waals surface area contributed by atoms with Gasteiger partial charge in [-0.2, -0.15) is 26.3 Å². The second-order valence-corrected chi connectivity index (χ2v) is 8.66. The van der Waals surface area contributed by atoms with Crippen molar-refractivity contribution in [3.63, 3.8) is 0 Å². The number of thiophene rings is 1. The van der Waals surface area contributed by atoms with Crippen molar-refractivity contribution in [2.45, 2.75) is 63.3 Å². The molecule has 1 unspecified atom stereocenters. The minimum atomic E-state index is -4.87. The summed E-state index contributed by atoms with van der Waals surface area (Å²) in [6.07, 6.45) is -9.47. The van der Waals surface area contributed by atoms with Gasteiger partial charge < -0.3 is 10.5 Å². The third-order valence-corrected chi connectivity index (χ3v) is 6.24. The van der Waals surface area contributed by atoms with Gasteiger partial charge in [-0.1, -0.05) is 19.1 Å². The van der Waals surface area contributed by atoms with E-state index in [1.807, 2.05) is 6.92 Å². The number of ether oxygens (including phenoxy) is 1. The molecule has 0 aliphatic heterocycles. The molecular formula is C22H25F6NO2S. The molecule has 0 fully saturated rings. The van der Waals surface area contributed by atoms with Gasteiger partial charge in [0.15, 0.2) is 5.78 Å². The Balaban J connectivity index is 2.01. The molecule has 1 heterocycles. The number of unbranched alkanes of at least 4 members (excludes halogenated alkanes) is 2. The molecule has 178 valence electrons. The normalized spacial score (nSPS) is 14.2. The summed E-state index contributed by atoms with van der Waals surface area (Å²) in [7, 11) is 0. The van der Waals surface area contributed by atoms with E-state index in [4.69, 9.17) is 10.5 Å². The standard InChI is InChI=1S/C22H25F6NO2S/c1-2-17-10-11-19(32-17)18(30)14-20(29,22(26,27)28)15-6-8-16(9-7-15)31-13-5-3-4-12-21(23,24)25/h6-11H,2-5,12-14,29H2,1H3. The van der Waals surface area contributed by atoms with E-state index in [2.05, 4.69) is 0 Å². The molecule has 2 aromatic rings. The van der Waals surface area contributed by atoms with Crippen molar-refractivity contribution in [1.82, 2.24) is 0 Å². The third-order valence-electron chi connectivity index (χ3n) is 4.97. The molecule has 0 aliphatic rings. The van der Waals surface area contributed by atoms with E-state index in [9.17, 15) is 31.1 Å². The molecule has 10 heteroatoms. The quantitative estimate of drug-likeness (QED) is 0.218. The smallest absolute Gasteiger partial charge is 0.411 e. The van der Waals surface area contributed by atoms with E-state index in [1.165, 1.54) is 18.2 Å². The van der Waals surface area contributed by atoms with Gasteiger partial charge >= 0.3 is 12.4 Å². The van der Waals surface area contributed by atoms with Gasteiger partial charge in [-0.05, 0) is 55.5 Å². The zero-order chi connectivity index (χ0) is 24.0. The lowest BCUT2D eigenvalue weighted by atomic mass is 9.85. The highest BCUT2D eigenvalue weighted by atomic mass is 32.1. The number of Topliss-reactive ketones (excluding diaryl/α,β-unsaturated/α-hetero) is 1. The maximum absolute atomic E-state index is 13.9. The Labute approximate surface area is 186 Å². The minimum absolute atomic E-state index is 0.00884. The molecule has 1 aromatic heterocycles. The van der Waals surface area contributed by atoms with Gasteiger partial charge in [-0.3, -0.25) is 4.79 Å². The Kier molecular flexibility index (Phi) is 8.75. The third kappa shape index (κ3) is 7.23. The van der Waals surface area contributed by atoms with E-state index < -0.39 is 36.5 Å². The monoisotopic (exact) mass is 481 g/mol. The molecular weight excluding hydrogens is 456 g/mol. The lowest BCUT2D eigenvalue weighted by Gasteiger charge is -2.31. The van der Waals surface area contributed by atoms with Crippen LogP contribution in [0, 0.1) is 0 Å². The maximum Gasteiger partial charge on any atom is 0.411 e. The Morgan fingerprint density at radius 1 is 0.969 bits per heavy atom. The molecule has 0 saturated heterocycles. The van der Waals surface area contributed by atoms with Crippen molar-refractivity contribution in [1.29, 1.82) is 0 Å². The Hall–Kier alpha value is -2.07. The molecule has 0 amide bonds. The van der Waals surface area contributed by atoms with Gasteiger partial charge in [0, 0.05) is 17.7 Å². The van der Waals surface area contributed by atoms with Crippen molar-refractivity contribution in [3.05, 3.63) is 51.7 Å². The predicted octanol–water partition coefficient (Wildman–Crippen LogP) is 6.80. The number of aryl methyl sites for hydroxylation is 1. The summed E-state index contributed by atoms with van der Waals surface area (Å²) in [5.74, 6) is -0.417. The van der Waals surface area contributed by atoms with Crippen molar-refractivity contribution >= 4 is 17.1 Å². The van der Waals surface area contributed by atoms with Crippen molar-refractivity contribution in [2.24, 2.45) is 5.73 Å². The molecule has 0 bridgehead atoms. The zero-order valence-electron chi connectivity index (χ0n) is 17.5. The highest BCUT2D eigenvalue weighted by Gasteiger charge is 2.54. The first-order valence-corrected chi connectivity index (χ1v) is 10.9. The predicted molar refractivity (Wildman–Crippen MR) is 111 cm³/mol. The molecule has 1 aromatic carbocycles. The van der Waals surface area contributed by atoms with Gasteiger partial charge in [0.1, 0.15) is 11.3 Å². The Morgan fingerprint density at radius 3 is 2.16 bits per heavy atom. The fraction of sp³-hybridized carbons (Fsp3) is 0.500. The molecule has 0 radical (unpaired) electrons. The summed E-state index contributed by atoms with van der Waals surface area (Å²) >= 11 is 1.15. The number of carbonyl (C=O) groups excluding carboxylic acids is 1. The summed E-state index contributed by atoms with van der Waals surface area (Å²) in [5, 5.41) is 0. The number of hydrogen-bond donors (Lipinski definition) is 1. The molecule has 0 spiro atoms. The van der Waals surface area contributed by atoms with Crippen molar-refractivity contribution in [2.75, 3.05) is 6.61 Å². The fourth-order valence-corrected chi connectivity index (χ4v) is 3.95. The van der Waals surface area contributed by atoms with Crippen LogP contribution in [-0.4, -0.2) is 24.7 Å². The van der Waals surface area contributed by atoms with Crippen LogP contribution in [0.25, 0.3) is 0 Å². The second kappa shape index (κ2) is 10.7. The van der Waals surface area contributed by atoms with Crippen LogP contribution < -0.4 is 10.5 Å². The van der Waals surface area contributed by atoms with Gasteiger partial charge in [0.05, 0.1) is 11.5 Å². The lowest BCUT2D eigenvalue weighted by Crippen LogP contribution is -2.51. The number of carbonyl (C=O) groups is 1. The summed E-state index contributed by atoms with van der Waals surface area (Å²) in [6, 6.07) is 8.15. The Morgan fingerprint density at radius 2 is 1.62 bits per heavy atom. The summed E-state index contributed by atoms with van der Waals surface area (Å²) in [6.45, 7) is 2.02. The number of nitrogens with two attached hydrogens (primary N) is 1. The van der Waals surface area contributed by atoms with Crippen LogP contribution in [0.3, 0.4) is 0 Å². The number of rotatable bonds is 11. The molecule has 1 atom stereocenters. The number of ketones is 1. The lowest BCUT2D eigenvalue weighted by molar-refractivity contribution is -0.188. The van der Waals surface area contributed by atoms with Crippen LogP contribution >= 0.6 is 11.3 Å². The maximum atomic E-state index is 13.9. The SMILES string of the molecule is CCc1ccc(C(=O)CC(N)(c2ccc(OCCCCCC(F)(F)F)cc2)C(F)(F)F)s1. The average Bonchev–Trinajstić information content (AvgIpc) is 3.19. The van der Waals surface area contributed by atoms with Gasteiger partial charge in [0.2, 0.25) is 0 Å². The van der Waals surface area contributed by atoms with Crippen LogP contribution in [0.1, 0.15) is 59.1 Å². The van der Waals surface area contributed by atoms with E-state index in [0.717, 1.165) is 28.3 Å². The van der Waals surface area contributed by atoms with Gasteiger partial charge in [0.25, 0.3) is 0 Å². The van der Waals surface area contributed by atoms with E-state index in [-0.39, 0.29) is 29.2 Å². The number of benzene rings is 1. The summed E-state index contributed by atoms with van der Waals surface area (Å²) in [4.78, 5) is 13.6. The van der Waals surface area contributed by atoms with Crippen LogP contribution in [0.2, 0.25) is 0 Å². The van der Waals surface area contributed by atoms with Crippen LogP contribution in [0.4, 0.5) is 26.3 Å². The zero-order valence-corrected chi connectivity index (χ0v) is 18.3. The fourth-order valence-electron chi connectivity index (χ4n) is 3.07. The van der Waals surface area contributed by atoms with Crippen molar-refractivity contribution < 1.29 is 35.9 Å². The van der Waals surface area contributed by atoms with E-state index in [1.54, 1.807) is 6.07 Å². The summed E-state index contributed by atoms with van der Waals surface area (Å²) in [5.41, 5.74) is 2.60. The molecule has 3 nitrogen and oxygen atoms in total. The highest BCUT2D eigenvalue weighted by molar-refractivity contribution is 7.14.